The summed E-state index contributed by atoms with van der Waals surface area (Å²) in [6.45, 7) is 4.32. The van der Waals surface area contributed by atoms with E-state index in [2.05, 4.69) is 18.7 Å². The number of rotatable bonds is 3. The van der Waals surface area contributed by atoms with E-state index in [1.165, 1.54) is 0 Å². The van der Waals surface area contributed by atoms with Crippen LogP contribution in [0.1, 0.15) is 52.4 Å². The summed E-state index contributed by atoms with van der Waals surface area (Å²) in [7, 11) is 0. The van der Waals surface area contributed by atoms with Crippen LogP contribution in [0.2, 0.25) is 0 Å². The Labute approximate surface area is 114 Å². The summed E-state index contributed by atoms with van der Waals surface area (Å²) in [5, 5.41) is 8.92. The predicted molar refractivity (Wildman–Crippen MR) is 70.5 cm³/mol. The normalized spacial score (nSPS) is 39.2. The lowest BCUT2D eigenvalue weighted by atomic mass is 9.87. The van der Waals surface area contributed by atoms with Gasteiger partial charge in [0, 0.05) is 24.4 Å². The van der Waals surface area contributed by atoms with Crippen LogP contribution in [0.5, 0.6) is 0 Å². The first-order valence-corrected chi connectivity index (χ1v) is 7.42. The number of carboxylic acids is 1. The maximum absolute atomic E-state index is 12.6. The van der Waals surface area contributed by atoms with Crippen molar-refractivity contribution >= 4 is 11.9 Å². The van der Waals surface area contributed by atoms with E-state index in [4.69, 9.17) is 5.11 Å². The van der Waals surface area contributed by atoms with Gasteiger partial charge in [0.2, 0.25) is 5.91 Å². The summed E-state index contributed by atoms with van der Waals surface area (Å²) in [5.74, 6) is 0.122. The van der Waals surface area contributed by atoms with Gasteiger partial charge in [-0.1, -0.05) is 13.8 Å². The monoisotopic (exact) mass is 265 g/mol. The third-order valence-corrected chi connectivity index (χ3v) is 5.36. The largest absolute Gasteiger partial charge is 0.481 e. The molecule has 0 radical (unpaired) electrons. The van der Waals surface area contributed by atoms with Crippen LogP contribution < -0.4 is 0 Å². The first-order chi connectivity index (χ1) is 8.88. The first-order valence-electron chi connectivity index (χ1n) is 7.42. The van der Waals surface area contributed by atoms with Crippen LogP contribution in [0, 0.1) is 17.3 Å². The van der Waals surface area contributed by atoms with Crippen molar-refractivity contribution in [1.29, 1.82) is 0 Å². The molecule has 4 heteroatoms. The molecule has 2 bridgehead atoms. The van der Waals surface area contributed by atoms with Gasteiger partial charge in [-0.3, -0.25) is 9.59 Å². The molecule has 2 saturated heterocycles. The summed E-state index contributed by atoms with van der Waals surface area (Å²) in [6.07, 6.45) is 5.20. The van der Waals surface area contributed by atoms with Gasteiger partial charge in [-0.15, -0.1) is 0 Å². The van der Waals surface area contributed by atoms with Crippen LogP contribution in [0.3, 0.4) is 0 Å². The second-order valence-electron chi connectivity index (χ2n) is 7.31. The summed E-state index contributed by atoms with van der Waals surface area (Å²) in [4.78, 5) is 25.5. The van der Waals surface area contributed by atoms with Crippen molar-refractivity contribution in [3.8, 4) is 0 Å². The zero-order chi connectivity index (χ0) is 13.8. The molecule has 1 N–H and O–H groups in total. The Hall–Kier alpha value is -1.06. The van der Waals surface area contributed by atoms with Gasteiger partial charge in [-0.2, -0.15) is 0 Å². The molecule has 0 aromatic rings. The molecule has 106 valence electrons. The molecular weight excluding hydrogens is 242 g/mol. The van der Waals surface area contributed by atoms with Crippen molar-refractivity contribution in [2.45, 2.75) is 64.5 Å². The van der Waals surface area contributed by atoms with Crippen molar-refractivity contribution < 1.29 is 14.7 Å². The standard InChI is InChI=1S/C15H23NO3/c1-15(2)8-12(15)14(19)16-10-3-4-11(16)6-9(5-10)7-13(17)18/h9-12H,3-8H2,1-2H3,(H,17,18). The highest BCUT2D eigenvalue weighted by atomic mass is 16.4. The van der Waals surface area contributed by atoms with Crippen LogP contribution in [-0.4, -0.2) is 34.0 Å². The van der Waals surface area contributed by atoms with Gasteiger partial charge in [-0.05, 0) is 43.4 Å². The highest BCUT2D eigenvalue weighted by Gasteiger charge is 2.55. The van der Waals surface area contributed by atoms with E-state index in [0.717, 1.165) is 32.1 Å². The molecule has 2 aliphatic heterocycles. The van der Waals surface area contributed by atoms with Gasteiger partial charge >= 0.3 is 5.97 Å². The molecule has 2 heterocycles. The van der Waals surface area contributed by atoms with E-state index in [1.807, 2.05) is 0 Å². The molecule has 1 aliphatic carbocycles. The Kier molecular flexibility index (Phi) is 2.88. The number of carbonyl (C=O) groups is 2. The molecule has 3 rings (SSSR count). The van der Waals surface area contributed by atoms with Gasteiger partial charge in [0.25, 0.3) is 0 Å². The lowest BCUT2D eigenvalue weighted by Crippen LogP contribution is -2.47. The fourth-order valence-corrected chi connectivity index (χ4v) is 4.13. The number of hydrogen-bond donors (Lipinski definition) is 1. The average molecular weight is 265 g/mol. The Morgan fingerprint density at radius 1 is 1.21 bits per heavy atom. The average Bonchev–Trinajstić information content (AvgIpc) is 2.84. The SMILES string of the molecule is CC1(C)CC1C(=O)N1C2CCC1CC(CC(=O)O)C2. The number of nitrogens with zero attached hydrogens (tertiary/aromatic N) is 1. The van der Waals surface area contributed by atoms with E-state index in [0.29, 0.717) is 18.0 Å². The molecule has 0 aromatic heterocycles. The van der Waals surface area contributed by atoms with E-state index in [9.17, 15) is 9.59 Å². The number of carboxylic acid groups (broad SMARTS) is 1. The van der Waals surface area contributed by atoms with E-state index in [-0.39, 0.29) is 23.7 Å². The van der Waals surface area contributed by atoms with E-state index >= 15 is 0 Å². The van der Waals surface area contributed by atoms with Crippen LogP contribution in [-0.2, 0) is 9.59 Å². The Morgan fingerprint density at radius 3 is 2.16 bits per heavy atom. The molecule has 4 nitrogen and oxygen atoms in total. The summed E-state index contributed by atoms with van der Waals surface area (Å²) < 4.78 is 0. The van der Waals surface area contributed by atoms with Gasteiger partial charge in [0.15, 0.2) is 0 Å². The molecule has 3 fully saturated rings. The number of aliphatic carboxylic acids is 1. The Morgan fingerprint density at radius 2 is 1.74 bits per heavy atom. The van der Waals surface area contributed by atoms with Gasteiger partial charge < -0.3 is 10.0 Å². The van der Waals surface area contributed by atoms with E-state index in [1.54, 1.807) is 0 Å². The maximum Gasteiger partial charge on any atom is 0.303 e. The maximum atomic E-state index is 12.6. The second kappa shape index (κ2) is 4.22. The number of carbonyl (C=O) groups excluding carboxylic acids is 1. The Balaban J connectivity index is 1.67. The first kappa shape index (κ1) is 12.9. The van der Waals surface area contributed by atoms with Crippen LogP contribution >= 0.6 is 0 Å². The molecule has 1 amide bonds. The number of amides is 1. The summed E-state index contributed by atoms with van der Waals surface area (Å²) in [6, 6.07) is 0.624. The summed E-state index contributed by atoms with van der Waals surface area (Å²) in [5.41, 5.74) is 0.189. The fourth-order valence-electron chi connectivity index (χ4n) is 4.13. The van der Waals surface area contributed by atoms with Crippen LogP contribution in [0.4, 0.5) is 0 Å². The van der Waals surface area contributed by atoms with Crippen molar-refractivity contribution in [3.63, 3.8) is 0 Å². The van der Waals surface area contributed by atoms with Crippen molar-refractivity contribution in [2.75, 3.05) is 0 Å². The smallest absolute Gasteiger partial charge is 0.303 e. The molecule has 0 aromatic carbocycles. The zero-order valence-corrected chi connectivity index (χ0v) is 11.8. The lowest BCUT2D eigenvalue weighted by Gasteiger charge is -2.39. The van der Waals surface area contributed by atoms with Crippen molar-refractivity contribution in [1.82, 2.24) is 4.90 Å². The van der Waals surface area contributed by atoms with Gasteiger partial charge in [0.05, 0.1) is 0 Å². The van der Waals surface area contributed by atoms with Gasteiger partial charge in [-0.25, -0.2) is 0 Å². The number of hydrogen-bond acceptors (Lipinski definition) is 2. The fraction of sp³-hybridized carbons (Fsp3) is 0.867. The van der Waals surface area contributed by atoms with Crippen LogP contribution in [0.15, 0.2) is 0 Å². The highest BCUT2D eigenvalue weighted by Crippen LogP contribution is 2.54. The van der Waals surface area contributed by atoms with Crippen molar-refractivity contribution in [2.24, 2.45) is 17.3 Å². The topological polar surface area (TPSA) is 57.6 Å². The molecule has 19 heavy (non-hydrogen) atoms. The minimum atomic E-state index is -0.701. The van der Waals surface area contributed by atoms with E-state index < -0.39 is 5.97 Å². The number of piperidine rings is 1. The molecule has 3 unspecified atom stereocenters. The molecule has 3 aliphatic rings. The lowest BCUT2D eigenvalue weighted by molar-refractivity contribution is -0.140. The Bertz CT molecular complexity index is 404. The number of fused-ring (bicyclic) bond motifs is 2. The molecule has 1 saturated carbocycles. The third-order valence-electron chi connectivity index (χ3n) is 5.36. The quantitative estimate of drug-likeness (QED) is 0.851. The molecule has 0 spiro atoms. The summed E-state index contributed by atoms with van der Waals surface area (Å²) >= 11 is 0. The second-order valence-corrected chi connectivity index (χ2v) is 7.31. The highest BCUT2D eigenvalue weighted by molar-refractivity contribution is 5.83. The minimum absolute atomic E-state index is 0.189. The van der Waals surface area contributed by atoms with Crippen molar-refractivity contribution in [3.05, 3.63) is 0 Å². The van der Waals surface area contributed by atoms with Crippen LogP contribution in [0.25, 0.3) is 0 Å². The predicted octanol–water partition coefficient (Wildman–Crippen LogP) is 2.28. The zero-order valence-electron chi connectivity index (χ0n) is 11.8. The third kappa shape index (κ3) is 2.26. The minimum Gasteiger partial charge on any atom is -0.481 e. The van der Waals surface area contributed by atoms with Gasteiger partial charge in [0.1, 0.15) is 0 Å². The molecular formula is C15H23NO3. The molecule has 3 atom stereocenters.